The summed E-state index contributed by atoms with van der Waals surface area (Å²) in [6.45, 7) is 1.81. The number of nitrogens with one attached hydrogen (secondary N) is 2. The molecule has 2 aromatic rings. The number of amides is 2. The Hall–Kier alpha value is -3.42. The number of hydrogen-bond donors (Lipinski definition) is 4. The molecule has 2 aromatic carbocycles. The third kappa shape index (κ3) is 5.59. The van der Waals surface area contributed by atoms with Crippen LogP contribution >= 0.6 is 0 Å². The van der Waals surface area contributed by atoms with Crippen molar-refractivity contribution < 1.29 is 24.2 Å². The maximum atomic E-state index is 12.8. The first-order valence-electron chi connectivity index (χ1n) is 7.72. The average molecular weight is 359 g/mol. The average Bonchev–Trinajstić information content (AvgIpc) is 2.59. The van der Waals surface area contributed by atoms with Gasteiger partial charge in [0, 0.05) is 18.3 Å². The molecule has 8 heteroatoms. The van der Waals surface area contributed by atoms with Gasteiger partial charge in [0.1, 0.15) is 17.3 Å². The van der Waals surface area contributed by atoms with E-state index in [-0.39, 0.29) is 41.8 Å². The molecule has 0 saturated heterocycles. The number of carbonyl (C=O) groups is 2. The Morgan fingerprint density at radius 3 is 2.46 bits per heavy atom. The molecule has 0 unspecified atom stereocenters. The molecule has 2 rings (SSSR count). The highest BCUT2D eigenvalue weighted by atomic mass is 19.1. The van der Waals surface area contributed by atoms with Crippen LogP contribution in [0.15, 0.2) is 47.6 Å². The lowest BCUT2D eigenvalue weighted by Crippen LogP contribution is -2.26. The molecule has 0 bridgehead atoms. The number of phenolic OH excluding ortho intramolecular Hbond substituents is 2. The molecule has 136 valence electrons. The number of aromatic hydroxyl groups is 2. The van der Waals surface area contributed by atoms with Gasteiger partial charge < -0.3 is 15.5 Å². The number of nitrogens with zero attached hydrogens (tertiary/aromatic N) is 1. The van der Waals surface area contributed by atoms with Crippen molar-refractivity contribution in [1.82, 2.24) is 10.7 Å². The molecule has 0 fully saturated rings. The summed E-state index contributed by atoms with van der Waals surface area (Å²) in [6, 6.07) is 9.30. The standard InChI is InChI=1S/C18H18FN3O4/c1-11(8-17(25)20-10-12-2-4-13(19)5-3-12)21-22-18(26)15-7-6-14(23)9-16(15)24/h2-7,9,23-24H,8,10H2,1H3,(H,20,25)(H,22,26). The number of carbonyl (C=O) groups excluding carboxylic acids is 2. The van der Waals surface area contributed by atoms with E-state index in [1.807, 2.05) is 0 Å². The predicted molar refractivity (Wildman–Crippen MR) is 93.2 cm³/mol. The third-order valence-corrected chi connectivity index (χ3v) is 3.39. The number of halogens is 1. The highest BCUT2D eigenvalue weighted by Gasteiger charge is 2.11. The number of rotatable bonds is 6. The van der Waals surface area contributed by atoms with E-state index in [1.54, 1.807) is 19.1 Å². The molecule has 26 heavy (non-hydrogen) atoms. The quantitative estimate of drug-likeness (QED) is 0.467. The van der Waals surface area contributed by atoms with E-state index in [9.17, 15) is 24.2 Å². The Labute approximate surface area is 149 Å². The van der Waals surface area contributed by atoms with Gasteiger partial charge in [-0.3, -0.25) is 9.59 Å². The van der Waals surface area contributed by atoms with Gasteiger partial charge >= 0.3 is 0 Å². The fourth-order valence-corrected chi connectivity index (χ4v) is 2.06. The summed E-state index contributed by atoms with van der Waals surface area (Å²) in [5.74, 6) is -1.88. The van der Waals surface area contributed by atoms with Crippen molar-refractivity contribution in [1.29, 1.82) is 0 Å². The molecule has 0 heterocycles. The molecule has 0 aliphatic carbocycles. The monoisotopic (exact) mass is 359 g/mol. The first-order valence-corrected chi connectivity index (χ1v) is 7.72. The zero-order valence-corrected chi connectivity index (χ0v) is 14.0. The van der Waals surface area contributed by atoms with Gasteiger partial charge in [-0.05, 0) is 36.8 Å². The molecule has 0 aromatic heterocycles. The van der Waals surface area contributed by atoms with E-state index >= 15 is 0 Å². The maximum Gasteiger partial charge on any atom is 0.275 e. The summed E-state index contributed by atoms with van der Waals surface area (Å²) in [5.41, 5.74) is 3.28. The van der Waals surface area contributed by atoms with Crippen LogP contribution in [0.3, 0.4) is 0 Å². The molecule has 7 nitrogen and oxygen atoms in total. The van der Waals surface area contributed by atoms with Crippen molar-refractivity contribution in [2.24, 2.45) is 5.10 Å². The molecule has 0 radical (unpaired) electrons. The third-order valence-electron chi connectivity index (χ3n) is 3.39. The SMILES string of the molecule is CC(CC(=O)NCc1ccc(F)cc1)=NNC(=O)c1ccc(O)cc1O. The van der Waals surface area contributed by atoms with E-state index in [1.165, 1.54) is 24.3 Å². The second-order valence-corrected chi connectivity index (χ2v) is 5.57. The maximum absolute atomic E-state index is 12.8. The lowest BCUT2D eigenvalue weighted by atomic mass is 10.2. The molecule has 0 aliphatic rings. The molecule has 0 saturated carbocycles. The van der Waals surface area contributed by atoms with Crippen LogP contribution in [-0.2, 0) is 11.3 Å². The van der Waals surface area contributed by atoms with Gasteiger partial charge in [0.2, 0.25) is 5.91 Å². The normalized spacial score (nSPS) is 11.1. The molecular formula is C18H18FN3O4. The fraction of sp³-hybridized carbons (Fsp3) is 0.167. The number of hydrazone groups is 1. The van der Waals surface area contributed by atoms with Gasteiger partial charge in [0.15, 0.2) is 0 Å². The Balaban J connectivity index is 1.84. The molecule has 0 aliphatic heterocycles. The second-order valence-electron chi connectivity index (χ2n) is 5.57. The molecule has 0 spiro atoms. The van der Waals surface area contributed by atoms with Gasteiger partial charge in [-0.1, -0.05) is 12.1 Å². The molecule has 4 N–H and O–H groups in total. The van der Waals surface area contributed by atoms with Crippen LogP contribution < -0.4 is 10.7 Å². The first-order chi connectivity index (χ1) is 12.3. The molecule has 0 atom stereocenters. The Kier molecular flexibility index (Phi) is 6.26. The summed E-state index contributed by atoms with van der Waals surface area (Å²) in [7, 11) is 0. The van der Waals surface area contributed by atoms with Gasteiger partial charge in [0.05, 0.1) is 12.0 Å². The fourth-order valence-electron chi connectivity index (χ4n) is 2.06. The van der Waals surface area contributed by atoms with E-state index in [0.29, 0.717) is 5.71 Å². The highest BCUT2D eigenvalue weighted by molar-refractivity contribution is 6.01. The van der Waals surface area contributed by atoms with Gasteiger partial charge in [0.25, 0.3) is 5.91 Å². The van der Waals surface area contributed by atoms with Crippen LogP contribution in [0, 0.1) is 5.82 Å². The van der Waals surface area contributed by atoms with E-state index in [2.05, 4.69) is 15.8 Å². The number of phenols is 2. The molecule has 2 amide bonds. The summed E-state index contributed by atoms with van der Waals surface area (Å²) >= 11 is 0. The second kappa shape index (κ2) is 8.61. The molecular weight excluding hydrogens is 341 g/mol. The zero-order valence-electron chi connectivity index (χ0n) is 14.0. The zero-order chi connectivity index (χ0) is 19.1. The summed E-state index contributed by atoms with van der Waals surface area (Å²) < 4.78 is 12.8. The van der Waals surface area contributed by atoms with Gasteiger partial charge in [-0.25, -0.2) is 9.82 Å². The predicted octanol–water partition coefficient (Wildman–Crippen LogP) is 2.05. The van der Waals surface area contributed by atoms with Crippen LogP contribution in [0.4, 0.5) is 4.39 Å². The van der Waals surface area contributed by atoms with Crippen molar-refractivity contribution in [2.45, 2.75) is 19.9 Å². The topological polar surface area (TPSA) is 111 Å². The van der Waals surface area contributed by atoms with E-state index in [0.717, 1.165) is 11.6 Å². The number of benzene rings is 2. The largest absolute Gasteiger partial charge is 0.508 e. The van der Waals surface area contributed by atoms with Crippen LogP contribution in [0.1, 0.15) is 29.3 Å². The van der Waals surface area contributed by atoms with Crippen molar-refractivity contribution >= 4 is 17.5 Å². The van der Waals surface area contributed by atoms with Crippen molar-refractivity contribution in [2.75, 3.05) is 0 Å². The first kappa shape index (κ1) is 18.9. The highest BCUT2D eigenvalue weighted by Crippen LogP contribution is 2.22. The number of hydrogen-bond acceptors (Lipinski definition) is 5. The van der Waals surface area contributed by atoms with E-state index in [4.69, 9.17) is 0 Å². The Bertz CT molecular complexity index is 835. The Morgan fingerprint density at radius 2 is 1.81 bits per heavy atom. The van der Waals surface area contributed by atoms with Crippen LogP contribution in [0.2, 0.25) is 0 Å². The van der Waals surface area contributed by atoms with Gasteiger partial charge in [-0.2, -0.15) is 5.10 Å². The summed E-state index contributed by atoms with van der Waals surface area (Å²) in [4.78, 5) is 23.8. The van der Waals surface area contributed by atoms with E-state index < -0.39 is 5.91 Å². The lowest BCUT2D eigenvalue weighted by molar-refractivity contribution is -0.120. The minimum atomic E-state index is -0.673. The smallest absolute Gasteiger partial charge is 0.275 e. The van der Waals surface area contributed by atoms with Crippen molar-refractivity contribution in [3.8, 4) is 11.5 Å². The lowest BCUT2D eigenvalue weighted by Gasteiger charge is -2.06. The van der Waals surface area contributed by atoms with Crippen molar-refractivity contribution in [3.05, 3.63) is 59.4 Å². The summed E-state index contributed by atoms with van der Waals surface area (Å²) in [5, 5.41) is 25.3. The minimum Gasteiger partial charge on any atom is -0.508 e. The Morgan fingerprint density at radius 1 is 1.12 bits per heavy atom. The van der Waals surface area contributed by atoms with Crippen LogP contribution in [0.5, 0.6) is 11.5 Å². The minimum absolute atomic E-state index is 0.0387. The van der Waals surface area contributed by atoms with Crippen molar-refractivity contribution in [3.63, 3.8) is 0 Å². The van der Waals surface area contributed by atoms with Crippen LogP contribution in [0.25, 0.3) is 0 Å². The van der Waals surface area contributed by atoms with Crippen LogP contribution in [-0.4, -0.2) is 27.7 Å². The van der Waals surface area contributed by atoms with Gasteiger partial charge in [-0.15, -0.1) is 0 Å². The summed E-state index contributed by atoms with van der Waals surface area (Å²) in [6.07, 6.45) is -0.0387.